The number of aromatic nitrogens is 2. The molecule has 4 nitrogen and oxygen atoms in total. The zero-order valence-electron chi connectivity index (χ0n) is 13.1. The van der Waals surface area contributed by atoms with Gasteiger partial charge in [-0.2, -0.15) is 0 Å². The van der Waals surface area contributed by atoms with Gasteiger partial charge in [-0.25, -0.2) is 4.98 Å². The topological polar surface area (TPSA) is 33.1 Å². The number of hydrogen-bond acceptors (Lipinski definition) is 3. The van der Waals surface area contributed by atoms with Crippen LogP contribution in [0.25, 0.3) is 0 Å². The predicted molar refractivity (Wildman–Crippen MR) is 88.7 cm³/mol. The zero-order chi connectivity index (χ0) is 15.4. The lowest BCUT2D eigenvalue weighted by Crippen LogP contribution is -2.25. The second-order valence-corrected chi connectivity index (χ2v) is 6.06. The van der Waals surface area contributed by atoms with Gasteiger partial charge < -0.3 is 14.8 Å². The highest BCUT2D eigenvalue weighted by Crippen LogP contribution is 2.25. The summed E-state index contributed by atoms with van der Waals surface area (Å²) in [5.74, 6) is 1.03. The minimum atomic E-state index is 0.452. The zero-order valence-corrected chi connectivity index (χ0v) is 13.9. The van der Waals surface area contributed by atoms with Crippen LogP contribution in [0.2, 0.25) is 5.02 Å². The molecular formula is C16H23ClN4. The summed E-state index contributed by atoms with van der Waals surface area (Å²) in [5, 5.41) is 4.21. The Morgan fingerprint density at radius 3 is 2.76 bits per heavy atom. The minimum absolute atomic E-state index is 0.452. The van der Waals surface area contributed by atoms with Crippen LogP contribution in [0.15, 0.2) is 30.6 Å². The summed E-state index contributed by atoms with van der Waals surface area (Å²) >= 11 is 6.17. The van der Waals surface area contributed by atoms with Crippen molar-refractivity contribution in [1.82, 2.24) is 14.9 Å². The Labute approximate surface area is 131 Å². The van der Waals surface area contributed by atoms with Crippen molar-refractivity contribution in [3.05, 3.63) is 47.0 Å². The largest absolute Gasteiger partial charge is 0.367 e. The molecule has 1 heterocycles. The maximum atomic E-state index is 6.17. The molecule has 0 saturated heterocycles. The average Bonchev–Trinajstić information content (AvgIpc) is 2.82. The Hall–Kier alpha value is -1.52. The number of halogens is 1. The van der Waals surface area contributed by atoms with Crippen molar-refractivity contribution >= 4 is 17.3 Å². The van der Waals surface area contributed by atoms with Crippen molar-refractivity contribution in [1.29, 1.82) is 0 Å². The first-order chi connectivity index (χ1) is 9.97. The van der Waals surface area contributed by atoms with Crippen molar-refractivity contribution in [3.63, 3.8) is 0 Å². The fraction of sp³-hybridized carbons (Fsp3) is 0.438. The van der Waals surface area contributed by atoms with Gasteiger partial charge in [0.05, 0.1) is 6.54 Å². The van der Waals surface area contributed by atoms with Crippen LogP contribution < -0.4 is 10.2 Å². The Morgan fingerprint density at radius 2 is 2.14 bits per heavy atom. The molecule has 0 aliphatic heterocycles. The molecule has 114 valence electrons. The summed E-state index contributed by atoms with van der Waals surface area (Å²) in [6, 6.07) is 6.49. The number of anilines is 1. The molecule has 0 unspecified atom stereocenters. The summed E-state index contributed by atoms with van der Waals surface area (Å²) in [6.45, 7) is 5.87. The van der Waals surface area contributed by atoms with E-state index in [1.165, 1.54) is 5.56 Å². The molecule has 0 aliphatic rings. The third-order valence-corrected chi connectivity index (χ3v) is 3.69. The SMILES string of the molecule is CC(C)NCc1ccc(Cl)cc1N(C)Cc1nccn1C. The van der Waals surface area contributed by atoms with Crippen LogP contribution in [-0.4, -0.2) is 22.6 Å². The third kappa shape index (κ3) is 4.22. The van der Waals surface area contributed by atoms with Gasteiger partial charge in [0.25, 0.3) is 0 Å². The summed E-state index contributed by atoms with van der Waals surface area (Å²) in [5.41, 5.74) is 2.38. The van der Waals surface area contributed by atoms with E-state index < -0.39 is 0 Å². The van der Waals surface area contributed by atoms with E-state index in [4.69, 9.17) is 11.6 Å². The maximum absolute atomic E-state index is 6.17. The summed E-state index contributed by atoms with van der Waals surface area (Å²) in [7, 11) is 4.08. The lowest BCUT2D eigenvalue weighted by Gasteiger charge is -2.23. The summed E-state index contributed by atoms with van der Waals surface area (Å²) in [6.07, 6.45) is 3.78. The van der Waals surface area contributed by atoms with Gasteiger partial charge in [0.2, 0.25) is 0 Å². The first-order valence-corrected chi connectivity index (χ1v) is 7.54. The van der Waals surface area contributed by atoms with Crippen LogP contribution in [0, 0.1) is 0 Å². The van der Waals surface area contributed by atoms with Crippen LogP contribution in [0.4, 0.5) is 5.69 Å². The van der Waals surface area contributed by atoms with E-state index in [0.29, 0.717) is 6.04 Å². The van der Waals surface area contributed by atoms with Crippen LogP contribution >= 0.6 is 11.6 Å². The quantitative estimate of drug-likeness (QED) is 0.889. The smallest absolute Gasteiger partial charge is 0.127 e. The van der Waals surface area contributed by atoms with Crippen molar-refractivity contribution in [2.75, 3.05) is 11.9 Å². The molecular weight excluding hydrogens is 284 g/mol. The van der Waals surface area contributed by atoms with Crippen LogP contribution in [0.1, 0.15) is 25.2 Å². The van der Waals surface area contributed by atoms with E-state index in [0.717, 1.165) is 29.6 Å². The van der Waals surface area contributed by atoms with Crippen molar-refractivity contribution in [2.45, 2.75) is 33.0 Å². The van der Waals surface area contributed by atoms with Crippen molar-refractivity contribution in [3.8, 4) is 0 Å². The Balaban J connectivity index is 2.20. The second kappa shape index (κ2) is 6.96. The molecule has 0 amide bonds. The molecule has 0 saturated carbocycles. The van der Waals surface area contributed by atoms with Gasteiger partial charge in [-0.3, -0.25) is 0 Å². The van der Waals surface area contributed by atoms with E-state index in [1.54, 1.807) is 0 Å². The van der Waals surface area contributed by atoms with Gasteiger partial charge in [0.1, 0.15) is 5.82 Å². The van der Waals surface area contributed by atoms with E-state index in [-0.39, 0.29) is 0 Å². The molecule has 1 aromatic carbocycles. The summed E-state index contributed by atoms with van der Waals surface area (Å²) < 4.78 is 2.03. The first-order valence-electron chi connectivity index (χ1n) is 7.16. The van der Waals surface area contributed by atoms with E-state index in [2.05, 4.69) is 42.2 Å². The fourth-order valence-corrected chi connectivity index (χ4v) is 2.37. The number of nitrogens with one attached hydrogen (secondary N) is 1. The molecule has 0 radical (unpaired) electrons. The molecule has 0 atom stereocenters. The molecule has 0 bridgehead atoms. The van der Waals surface area contributed by atoms with Crippen molar-refractivity contribution in [2.24, 2.45) is 7.05 Å². The molecule has 1 aromatic heterocycles. The van der Waals surface area contributed by atoms with E-state index in [1.807, 2.05) is 36.1 Å². The van der Waals surface area contributed by atoms with Gasteiger partial charge in [0.15, 0.2) is 0 Å². The first kappa shape index (κ1) is 15.9. The minimum Gasteiger partial charge on any atom is -0.367 e. The van der Waals surface area contributed by atoms with Crippen LogP contribution in [0.3, 0.4) is 0 Å². The monoisotopic (exact) mass is 306 g/mol. The number of nitrogens with zero attached hydrogens (tertiary/aromatic N) is 3. The number of rotatable bonds is 6. The Bertz CT molecular complexity index is 592. The lowest BCUT2D eigenvalue weighted by molar-refractivity contribution is 0.588. The normalized spacial score (nSPS) is 11.1. The van der Waals surface area contributed by atoms with E-state index >= 15 is 0 Å². The number of hydrogen-bond donors (Lipinski definition) is 1. The van der Waals surface area contributed by atoms with Crippen LogP contribution in [0.5, 0.6) is 0 Å². The Kier molecular flexibility index (Phi) is 5.26. The molecule has 21 heavy (non-hydrogen) atoms. The second-order valence-electron chi connectivity index (χ2n) is 5.62. The van der Waals surface area contributed by atoms with E-state index in [9.17, 15) is 0 Å². The summed E-state index contributed by atoms with van der Waals surface area (Å²) in [4.78, 5) is 6.57. The highest BCUT2D eigenvalue weighted by atomic mass is 35.5. The maximum Gasteiger partial charge on any atom is 0.127 e. The number of imidazole rings is 1. The Morgan fingerprint density at radius 1 is 1.38 bits per heavy atom. The molecule has 0 fully saturated rings. The van der Waals surface area contributed by atoms with Gasteiger partial charge in [-0.05, 0) is 17.7 Å². The molecule has 0 spiro atoms. The predicted octanol–water partition coefficient (Wildman–Crippen LogP) is 3.21. The number of benzene rings is 1. The molecule has 1 N–H and O–H groups in total. The molecule has 5 heteroatoms. The molecule has 2 aromatic rings. The third-order valence-electron chi connectivity index (χ3n) is 3.46. The van der Waals surface area contributed by atoms with Gasteiger partial charge in [-0.15, -0.1) is 0 Å². The highest BCUT2D eigenvalue weighted by Gasteiger charge is 2.11. The van der Waals surface area contributed by atoms with Gasteiger partial charge in [-0.1, -0.05) is 31.5 Å². The van der Waals surface area contributed by atoms with Gasteiger partial charge in [0, 0.05) is 49.8 Å². The number of aryl methyl sites for hydroxylation is 1. The molecule has 2 rings (SSSR count). The average molecular weight is 307 g/mol. The fourth-order valence-electron chi connectivity index (χ4n) is 2.20. The lowest BCUT2D eigenvalue weighted by atomic mass is 10.1. The molecule has 0 aliphatic carbocycles. The highest BCUT2D eigenvalue weighted by molar-refractivity contribution is 6.30. The van der Waals surface area contributed by atoms with Gasteiger partial charge >= 0.3 is 0 Å². The van der Waals surface area contributed by atoms with Crippen molar-refractivity contribution < 1.29 is 0 Å². The standard InChI is InChI=1S/C16H23ClN4/c1-12(2)19-10-13-5-6-14(17)9-15(13)21(4)11-16-18-7-8-20(16)3/h5-9,12,19H,10-11H2,1-4H3. The van der Waals surface area contributed by atoms with Crippen LogP contribution in [-0.2, 0) is 20.1 Å².